The van der Waals surface area contributed by atoms with E-state index in [9.17, 15) is 13.9 Å². The van der Waals surface area contributed by atoms with Crippen molar-refractivity contribution in [2.75, 3.05) is 11.1 Å². The zero-order valence-electron chi connectivity index (χ0n) is 9.67. The number of aliphatic hydroxyl groups excluding tert-OH is 1. The Kier molecular flexibility index (Phi) is 2.69. The quantitative estimate of drug-likeness (QED) is 0.736. The smallest absolute Gasteiger partial charge is 0.168 e. The molecule has 4 nitrogen and oxygen atoms in total. The summed E-state index contributed by atoms with van der Waals surface area (Å²) in [6.45, 7) is 3.73. The molecule has 2 rings (SSSR count). The highest BCUT2D eigenvalue weighted by Crippen LogP contribution is 2.42. The van der Waals surface area contributed by atoms with Crippen molar-refractivity contribution in [2.45, 2.75) is 32.4 Å². The van der Waals surface area contributed by atoms with Gasteiger partial charge in [0, 0.05) is 17.5 Å². The molecule has 1 aliphatic rings. The van der Waals surface area contributed by atoms with E-state index in [0.717, 1.165) is 0 Å². The van der Waals surface area contributed by atoms with Crippen LogP contribution in [-0.2, 0) is 0 Å². The van der Waals surface area contributed by atoms with Crippen LogP contribution < -0.4 is 11.1 Å². The van der Waals surface area contributed by atoms with E-state index in [1.54, 1.807) is 0 Å². The molecule has 0 saturated heterocycles. The Morgan fingerprint density at radius 3 is 2.65 bits per heavy atom. The molecule has 17 heavy (non-hydrogen) atoms. The van der Waals surface area contributed by atoms with E-state index < -0.39 is 17.7 Å². The third-order valence-corrected chi connectivity index (χ3v) is 3.48. The summed E-state index contributed by atoms with van der Waals surface area (Å²) in [5.74, 6) is -2.07. The van der Waals surface area contributed by atoms with Crippen LogP contribution in [0.4, 0.5) is 20.4 Å². The van der Waals surface area contributed by atoms with Crippen LogP contribution in [0.15, 0.2) is 6.07 Å². The van der Waals surface area contributed by atoms with E-state index in [0.29, 0.717) is 12.5 Å². The van der Waals surface area contributed by atoms with Gasteiger partial charge in [-0.15, -0.1) is 0 Å². The Morgan fingerprint density at radius 2 is 2.12 bits per heavy atom. The molecule has 0 bridgehead atoms. The van der Waals surface area contributed by atoms with Crippen molar-refractivity contribution < 1.29 is 13.9 Å². The fourth-order valence-electron chi connectivity index (χ4n) is 1.89. The summed E-state index contributed by atoms with van der Waals surface area (Å²) < 4.78 is 26.3. The molecule has 2 atom stereocenters. The van der Waals surface area contributed by atoms with Gasteiger partial charge >= 0.3 is 0 Å². The molecule has 4 N–H and O–H groups in total. The number of pyridine rings is 1. The van der Waals surface area contributed by atoms with Crippen molar-refractivity contribution in [2.24, 2.45) is 5.41 Å². The van der Waals surface area contributed by atoms with Crippen molar-refractivity contribution >= 4 is 11.6 Å². The molecule has 0 aliphatic heterocycles. The number of nitrogens with zero attached hydrogens (tertiary/aromatic N) is 1. The van der Waals surface area contributed by atoms with Crippen LogP contribution >= 0.6 is 0 Å². The SMILES string of the molecule is CC1(C)C(O)CC1Nc1nc(N)c(F)cc1F. The van der Waals surface area contributed by atoms with Crippen LogP contribution in [0, 0.1) is 17.0 Å². The fraction of sp³-hybridized carbons (Fsp3) is 0.545. The maximum absolute atomic E-state index is 13.4. The molecular formula is C11H15F2N3O. The summed E-state index contributed by atoms with van der Waals surface area (Å²) in [7, 11) is 0. The number of anilines is 2. The summed E-state index contributed by atoms with van der Waals surface area (Å²) in [4.78, 5) is 3.62. The van der Waals surface area contributed by atoms with Gasteiger partial charge in [-0.1, -0.05) is 13.8 Å². The third-order valence-electron chi connectivity index (χ3n) is 3.48. The number of hydrogen-bond donors (Lipinski definition) is 3. The summed E-state index contributed by atoms with van der Waals surface area (Å²) in [6, 6.07) is 0.594. The van der Waals surface area contributed by atoms with Crippen LogP contribution in [-0.4, -0.2) is 22.2 Å². The average Bonchev–Trinajstić information content (AvgIpc) is 2.25. The van der Waals surface area contributed by atoms with Gasteiger partial charge in [-0.25, -0.2) is 13.8 Å². The Labute approximate surface area is 97.8 Å². The first kappa shape index (κ1) is 12.0. The van der Waals surface area contributed by atoms with Gasteiger partial charge < -0.3 is 16.2 Å². The number of nitrogens with two attached hydrogens (primary N) is 1. The lowest BCUT2D eigenvalue weighted by Gasteiger charge is -2.49. The highest BCUT2D eigenvalue weighted by atomic mass is 19.1. The maximum atomic E-state index is 13.4. The highest BCUT2D eigenvalue weighted by Gasteiger charge is 2.47. The minimum atomic E-state index is -0.874. The van der Waals surface area contributed by atoms with Crippen molar-refractivity contribution in [3.05, 3.63) is 17.7 Å². The maximum Gasteiger partial charge on any atom is 0.168 e. The van der Waals surface area contributed by atoms with Gasteiger partial charge in [0.2, 0.25) is 0 Å². The molecule has 1 saturated carbocycles. The van der Waals surface area contributed by atoms with Crippen molar-refractivity contribution in [3.63, 3.8) is 0 Å². The van der Waals surface area contributed by atoms with Crippen LogP contribution in [0.25, 0.3) is 0 Å². The Hall–Kier alpha value is -1.43. The fourth-order valence-corrected chi connectivity index (χ4v) is 1.89. The van der Waals surface area contributed by atoms with Gasteiger partial charge in [-0.3, -0.25) is 0 Å². The lowest BCUT2D eigenvalue weighted by atomic mass is 9.64. The molecule has 94 valence electrons. The van der Waals surface area contributed by atoms with Crippen LogP contribution in [0.3, 0.4) is 0 Å². The number of aromatic nitrogens is 1. The van der Waals surface area contributed by atoms with Gasteiger partial charge in [-0.05, 0) is 6.42 Å². The van der Waals surface area contributed by atoms with Crippen LogP contribution in [0.5, 0.6) is 0 Å². The molecule has 6 heteroatoms. The minimum Gasteiger partial charge on any atom is -0.392 e. The topological polar surface area (TPSA) is 71.2 Å². The van der Waals surface area contributed by atoms with E-state index in [1.165, 1.54) is 0 Å². The standard InChI is InChI=1S/C11H15F2N3O/c1-11(2)7(4-8(11)17)15-10-6(13)3-5(12)9(14)16-10/h3,7-8,17H,4H2,1-2H3,(H3,14,15,16). The molecule has 1 fully saturated rings. The normalized spacial score (nSPS) is 26.4. The Morgan fingerprint density at radius 1 is 1.47 bits per heavy atom. The molecule has 0 radical (unpaired) electrons. The predicted octanol–water partition coefficient (Wildman–Crippen LogP) is 1.51. The molecule has 1 heterocycles. The van der Waals surface area contributed by atoms with Gasteiger partial charge in [0.25, 0.3) is 0 Å². The van der Waals surface area contributed by atoms with Gasteiger partial charge in [0.05, 0.1) is 6.10 Å². The number of rotatable bonds is 2. The lowest BCUT2D eigenvalue weighted by molar-refractivity contribution is -0.0512. The van der Waals surface area contributed by atoms with E-state index in [4.69, 9.17) is 5.73 Å². The number of hydrogen-bond acceptors (Lipinski definition) is 4. The van der Waals surface area contributed by atoms with Crippen molar-refractivity contribution in [1.82, 2.24) is 4.98 Å². The zero-order chi connectivity index (χ0) is 12.8. The van der Waals surface area contributed by atoms with E-state index in [2.05, 4.69) is 10.3 Å². The van der Waals surface area contributed by atoms with Crippen molar-refractivity contribution in [3.8, 4) is 0 Å². The molecular weight excluding hydrogens is 228 g/mol. The first-order valence-corrected chi connectivity index (χ1v) is 5.38. The lowest BCUT2D eigenvalue weighted by Crippen LogP contribution is -2.57. The molecule has 2 unspecified atom stereocenters. The molecule has 1 aromatic heterocycles. The van der Waals surface area contributed by atoms with Gasteiger partial charge in [0.15, 0.2) is 23.3 Å². The largest absolute Gasteiger partial charge is 0.392 e. The first-order chi connectivity index (χ1) is 7.82. The summed E-state index contributed by atoms with van der Waals surface area (Å²) in [5.41, 5.74) is 4.91. The molecule has 0 spiro atoms. The van der Waals surface area contributed by atoms with Crippen LogP contribution in [0.1, 0.15) is 20.3 Å². The van der Waals surface area contributed by atoms with Gasteiger partial charge in [-0.2, -0.15) is 0 Å². The second-order valence-corrected chi connectivity index (χ2v) is 4.96. The molecule has 1 aliphatic carbocycles. The second kappa shape index (κ2) is 3.80. The summed E-state index contributed by atoms with van der Waals surface area (Å²) in [6.07, 6.45) is 0.0756. The van der Waals surface area contributed by atoms with E-state index in [1.807, 2.05) is 13.8 Å². The molecule has 0 aromatic carbocycles. The third kappa shape index (κ3) is 1.93. The summed E-state index contributed by atoms with van der Waals surface area (Å²) in [5, 5.41) is 12.4. The number of halogens is 2. The van der Waals surface area contributed by atoms with E-state index in [-0.39, 0.29) is 23.1 Å². The molecule has 0 amide bonds. The van der Waals surface area contributed by atoms with E-state index >= 15 is 0 Å². The zero-order valence-corrected chi connectivity index (χ0v) is 9.67. The Balaban J connectivity index is 2.18. The number of nitrogens with one attached hydrogen (secondary N) is 1. The average molecular weight is 243 g/mol. The van der Waals surface area contributed by atoms with Gasteiger partial charge in [0.1, 0.15) is 0 Å². The monoisotopic (exact) mass is 243 g/mol. The molecule has 1 aromatic rings. The van der Waals surface area contributed by atoms with Crippen LogP contribution in [0.2, 0.25) is 0 Å². The number of aliphatic hydroxyl groups is 1. The number of nitrogen functional groups attached to an aromatic ring is 1. The highest BCUT2D eigenvalue weighted by molar-refractivity contribution is 5.46. The predicted molar refractivity (Wildman–Crippen MR) is 60.4 cm³/mol. The van der Waals surface area contributed by atoms with Crippen molar-refractivity contribution in [1.29, 1.82) is 0 Å². The Bertz CT molecular complexity index is 451. The summed E-state index contributed by atoms with van der Waals surface area (Å²) >= 11 is 0. The first-order valence-electron chi connectivity index (χ1n) is 5.38. The second-order valence-electron chi connectivity index (χ2n) is 4.96. The minimum absolute atomic E-state index is 0.0751.